The van der Waals surface area contributed by atoms with E-state index in [1.54, 1.807) is 13.0 Å². The predicted octanol–water partition coefficient (Wildman–Crippen LogP) is 3.39. The van der Waals surface area contributed by atoms with Crippen LogP contribution in [0.5, 0.6) is 11.5 Å². The van der Waals surface area contributed by atoms with E-state index in [9.17, 15) is 14.9 Å². The van der Waals surface area contributed by atoms with Crippen molar-refractivity contribution in [3.63, 3.8) is 0 Å². The summed E-state index contributed by atoms with van der Waals surface area (Å²) in [5.41, 5.74) is 0.797. The molecule has 0 fully saturated rings. The molecule has 102 valence electrons. The van der Waals surface area contributed by atoms with E-state index in [4.69, 9.17) is 9.84 Å². The normalized spacial score (nSPS) is 10.1. The second-order valence-corrected chi connectivity index (χ2v) is 4.19. The summed E-state index contributed by atoms with van der Waals surface area (Å²) in [6, 6.07) is 10.2. The van der Waals surface area contributed by atoms with Crippen LogP contribution < -0.4 is 4.74 Å². The van der Waals surface area contributed by atoms with Crippen LogP contribution in [0.4, 0.5) is 5.69 Å². The lowest BCUT2D eigenvalue weighted by Crippen LogP contribution is -1.95. The number of carboxylic acids is 1. The van der Waals surface area contributed by atoms with Crippen LogP contribution in [0, 0.1) is 17.0 Å². The van der Waals surface area contributed by atoms with Gasteiger partial charge < -0.3 is 9.84 Å². The second-order valence-electron chi connectivity index (χ2n) is 4.19. The number of aromatic carboxylic acids is 1. The largest absolute Gasteiger partial charge is 0.478 e. The van der Waals surface area contributed by atoms with Crippen LogP contribution in [0.2, 0.25) is 0 Å². The van der Waals surface area contributed by atoms with Crippen molar-refractivity contribution in [2.45, 2.75) is 6.92 Å². The lowest BCUT2D eigenvalue weighted by molar-refractivity contribution is -0.385. The molecular weight excluding hydrogens is 262 g/mol. The fraction of sp³-hybridized carbons (Fsp3) is 0.0714. The highest BCUT2D eigenvalue weighted by Gasteiger charge is 2.10. The van der Waals surface area contributed by atoms with E-state index >= 15 is 0 Å². The number of nitrogens with zero attached hydrogens (tertiary/aromatic N) is 1. The van der Waals surface area contributed by atoms with Crippen molar-refractivity contribution in [2.24, 2.45) is 0 Å². The topological polar surface area (TPSA) is 89.7 Å². The monoisotopic (exact) mass is 273 g/mol. The summed E-state index contributed by atoms with van der Waals surface area (Å²) in [6.07, 6.45) is 0. The third-order valence-corrected chi connectivity index (χ3v) is 2.58. The Morgan fingerprint density at radius 2 is 1.80 bits per heavy atom. The van der Waals surface area contributed by atoms with Gasteiger partial charge in [-0.25, -0.2) is 4.79 Å². The number of hydrogen-bond donors (Lipinski definition) is 1. The van der Waals surface area contributed by atoms with Gasteiger partial charge in [-0.1, -0.05) is 0 Å². The van der Waals surface area contributed by atoms with E-state index in [2.05, 4.69) is 0 Å². The van der Waals surface area contributed by atoms with E-state index in [0.717, 1.165) is 0 Å². The molecule has 0 saturated carbocycles. The van der Waals surface area contributed by atoms with Crippen molar-refractivity contribution < 1.29 is 19.6 Å². The van der Waals surface area contributed by atoms with Crippen LogP contribution >= 0.6 is 0 Å². The molecule has 6 heteroatoms. The van der Waals surface area contributed by atoms with Crippen molar-refractivity contribution in [1.29, 1.82) is 0 Å². The second kappa shape index (κ2) is 5.40. The van der Waals surface area contributed by atoms with E-state index in [1.165, 1.54) is 36.4 Å². The highest BCUT2D eigenvalue weighted by molar-refractivity contribution is 5.87. The SMILES string of the molecule is Cc1cc(Oc2ccc(C(=O)O)cc2)cc([N+](=O)[O-])c1. The number of benzene rings is 2. The Kier molecular flexibility index (Phi) is 3.65. The third-order valence-electron chi connectivity index (χ3n) is 2.58. The van der Waals surface area contributed by atoms with Gasteiger partial charge in [0.25, 0.3) is 5.69 Å². The number of non-ortho nitro benzene ring substituents is 1. The number of carboxylic acid groups (broad SMARTS) is 1. The first-order valence-corrected chi connectivity index (χ1v) is 5.73. The zero-order valence-electron chi connectivity index (χ0n) is 10.6. The van der Waals surface area contributed by atoms with Crippen molar-refractivity contribution in [1.82, 2.24) is 0 Å². The standard InChI is InChI=1S/C14H11NO5/c1-9-6-11(15(18)19)8-13(7-9)20-12-4-2-10(3-5-12)14(16)17/h2-8H,1H3,(H,16,17). The maximum Gasteiger partial charge on any atom is 0.335 e. The molecule has 0 aromatic heterocycles. The number of hydrogen-bond acceptors (Lipinski definition) is 4. The number of rotatable bonds is 4. The number of ether oxygens (including phenoxy) is 1. The molecular formula is C14H11NO5. The molecule has 0 spiro atoms. The van der Waals surface area contributed by atoms with Gasteiger partial charge in [-0.15, -0.1) is 0 Å². The molecule has 2 aromatic carbocycles. The number of carbonyl (C=O) groups is 1. The molecule has 1 N–H and O–H groups in total. The van der Waals surface area contributed by atoms with Crippen molar-refractivity contribution in [3.05, 3.63) is 63.7 Å². The summed E-state index contributed by atoms with van der Waals surface area (Å²) >= 11 is 0. The van der Waals surface area contributed by atoms with Gasteiger partial charge in [0, 0.05) is 6.07 Å². The molecule has 0 saturated heterocycles. The van der Waals surface area contributed by atoms with E-state index in [1.807, 2.05) is 0 Å². The zero-order valence-corrected chi connectivity index (χ0v) is 10.6. The average Bonchev–Trinajstić information content (AvgIpc) is 2.38. The van der Waals surface area contributed by atoms with Crippen LogP contribution in [-0.4, -0.2) is 16.0 Å². The Balaban J connectivity index is 2.25. The number of nitro benzene ring substituents is 1. The van der Waals surface area contributed by atoms with Crippen LogP contribution in [0.15, 0.2) is 42.5 Å². The Bertz CT molecular complexity index is 664. The summed E-state index contributed by atoms with van der Waals surface area (Å²) in [5.74, 6) is -0.280. The average molecular weight is 273 g/mol. The molecule has 2 aromatic rings. The minimum Gasteiger partial charge on any atom is -0.478 e. The minimum atomic E-state index is -1.03. The quantitative estimate of drug-likeness (QED) is 0.681. The van der Waals surface area contributed by atoms with Crippen molar-refractivity contribution in [3.8, 4) is 11.5 Å². The minimum absolute atomic E-state index is 0.0536. The fourth-order valence-electron chi connectivity index (χ4n) is 1.69. The van der Waals surface area contributed by atoms with Gasteiger partial charge in [0.15, 0.2) is 0 Å². The van der Waals surface area contributed by atoms with Gasteiger partial charge in [0.1, 0.15) is 11.5 Å². The molecule has 0 heterocycles. The summed E-state index contributed by atoms with van der Waals surface area (Å²) in [7, 11) is 0. The highest BCUT2D eigenvalue weighted by atomic mass is 16.6. The molecule has 0 atom stereocenters. The van der Waals surface area contributed by atoms with Crippen molar-refractivity contribution >= 4 is 11.7 Å². The molecule has 0 bridgehead atoms. The van der Waals surface area contributed by atoms with E-state index in [-0.39, 0.29) is 11.3 Å². The predicted molar refractivity (Wildman–Crippen MR) is 71.3 cm³/mol. The van der Waals surface area contributed by atoms with Crippen LogP contribution in [0.1, 0.15) is 15.9 Å². The Labute approximate surface area is 114 Å². The molecule has 0 radical (unpaired) electrons. The Morgan fingerprint density at radius 3 is 2.35 bits per heavy atom. The van der Waals surface area contributed by atoms with Gasteiger partial charge in [0.05, 0.1) is 16.6 Å². The lowest BCUT2D eigenvalue weighted by Gasteiger charge is -2.06. The first-order valence-electron chi connectivity index (χ1n) is 5.73. The number of aryl methyl sites for hydroxylation is 1. The maximum atomic E-state index is 10.8. The Morgan fingerprint density at radius 1 is 1.15 bits per heavy atom. The molecule has 0 aliphatic heterocycles. The molecule has 0 unspecified atom stereocenters. The lowest BCUT2D eigenvalue weighted by atomic mass is 10.2. The summed E-state index contributed by atoms with van der Waals surface area (Å²) in [4.78, 5) is 21.0. The summed E-state index contributed by atoms with van der Waals surface area (Å²) in [5, 5.41) is 19.5. The fourth-order valence-corrected chi connectivity index (χ4v) is 1.69. The maximum absolute atomic E-state index is 10.8. The van der Waals surface area contributed by atoms with Crippen molar-refractivity contribution in [2.75, 3.05) is 0 Å². The van der Waals surface area contributed by atoms with Gasteiger partial charge in [-0.05, 0) is 42.8 Å². The summed E-state index contributed by atoms with van der Waals surface area (Å²) < 4.78 is 5.49. The van der Waals surface area contributed by atoms with Crippen LogP contribution in [0.25, 0.3) is 0 Å². The van der Waals surface area contributed by atoms with Gasteiger partial charge in [-0.3, -0.25) is 10.1 Å². The molecule has 6 nitrogen and oxygen atoms in total. The molecule has 0 aliphatic carbocycles. The molecule has 20 heavy (non-hydrogen) atoms. The van der Waals surface area contributed by atoms with E-state index < -0.39 is 10.9 Å². The molecule has 2 rings (SSSR count). The van der Waals surface area contributed by atoms with Crippen LogP contribution in [0.3, 0.4) is 0 Å². The van der Waals surface area contributed by atoms with Gasteiger partial charge >= 0.3 is 5.97 Å². The van der Waals surface area contributed by atoms with Gasteiger partial charge in [-0.2, -0.15) is 0 Å². The third kappa shape index (κ3) is 3.11. The number of nitro groups is 1. The zero-order chi connectivity index (χ0) is 14.7. The van der Waals surface area contributed by atoms with Gasteiger partial charge in [0.2, 0.25) is 0 Å². The van der Waals surface area contributed by atoms with Crippen LogP contribution in [-0.2, 0) is 0 Å². The first kappa shape index (κ1) is 13.5. The highest BCUT2D eigenvalue weighted by Crippen LogP contribution is 2.27. The first-order chi connectivity index (χ1) is 9.45. The Hall–Kier alpha value is -2.89. The summed E-state index contributed by atoms with van der Waals surface area (Å²) in [6.45, 7) is 1.73. The smallest absolute Gasteiger partial charge is 0.335 e. The van der Waals surface area contributed by atoms with E-state index in [0.29, 0.717) is 17.1 Å². The molecule has 0 amide bonds. The molecule has 0 aliphatic rings.